The number of amides is 1. The monoisotopic (exact) mass is 317 g/mol. The Morgan fingerprint density at radius 1 is 1.39 bits per heavy atom. The number of carbonyl (C=O) groups excluding carboxylic acids is 1. The van der Waals surface area contributed by atoms with Crippen LogP contribution in [0.2, 0.25) is 0 Å². The van der Waals surface area contributed by atoms with Crippen LogP contribution in [0, 0.1) is 11.8 Å². The van der Waals surface area contributed by atoms with Gasteiger partial charge in [0.15, 0.2) is 0 Å². The molecule has 2 rings (SSSR count). The zero-order chi connectivity index (χ0) is 16.5. The highest BCUT2D eigenvalue weighted by atomic mass is 16.2. The average Bonchev–Trinajstić information content (AvgIpc) is 2.60. The van der Waals surface area contributed by atoms with E-state index in [9.17, 15) is 4.79 Å². The van der Waals surface area contributed by atoms with Gasteiger partial charge in [0.2, 0.25) is 5.91 Å². The van der Waals surface area contributed by atoms with E-state index in [4.69, 9.17) is 5.73 Å². The van der Waals surface area contributed by atoms with Gasteiger partial charge in [0, 0.05) is 19.5 Å². The maximum atomic E-state index is 12.8. The predicted octanol–water partition coefficient (Wildman–Crippen LogP) is 2.39. The first-order chi connectivity index (χ1) is 11.2. The Kier molecular flexibility index (Phi) is 7.56. The van der Waals surface area contributed by atoms with Crippen LogP contribution < -0.4 is 11.1 Å². The van der Waals surface area contributed by atoms with Crippen molar-refractivity contribution in [3.8, 4) is 0 Å². The third kappa shape index (κ3) is 5.96. The van der Waals surface area contributed by atoms with Crippen molar-refractivity contribution in [2.75, 3.05) is 26.2 Å². The summed E-state index contributed by atoms with van der Waals surface area (Å²) in [5.41, 5.74) is 6.83. The molecule has 0 radical (unpaired) electrons. The number of hydrogen-bond donors (Lipinski definition) is 2. The van der Waals surface area contributed by atoms with E-state index in [1.165, 1.54) is 18.4 Å². The van der Waals surface area contributed by atoms with Gasteiger partial charge in [0.1, 0.15) is 0 Å². The molecule has 3 N–H and O–H groups in total. The molecule has 2 unspecified atom stereocenters. The van der Waals surface area contributed by atoms with Gasteiger partial charge in [-0.15, -0.1) is 0 Å². The number of nitrogens with zero attached hydrogens (tertiary/aromatic N) is 1. The quantitative estimate of drug-likeness (QED) is 0.774. The molecule has 1 fully saturated rings. The Morgan fingerprint density at radius 3 is 2.83 bits per heavy atom. The maximum Gasteiger partial charge on any atom is 0.223 e. The molecule has 0 bridgehead atoms. The second-order valence-corrected chi connectivity index (χ2v) is 6.73. The van der Waals surface area contributed by atoms with Crippen molar-refractivity contribution in [2.45, 2.75) is 39.2 Å². The lowest BCUT2D eigenvalue weighted by atomic mass is 9.85. The largest absolute Gasteiger partial charge is 0.338 e. The van der Waals surface area contributed by atoms with Crippen LogP contribution in [-0.4, -0.2) is 37.0 Å². The van der Waals surface area contributed by atoms with Crippen molar-refractivity contribution in [1.29, 1.82) is 0 Å². The van der Waals surface area contributed by atoms with Gasteiger partial charge < -0.3 is 16.0 Å². The van der Waals surface area contributed by atoms with Crippen LogP contribution in [0.15, 0.2) is 30.3 Å². The molecule has 0 aromatic heterocycles. The summed E-state index contributed by atoms with van der Waals surface area (Å²) in [7, 11) is 0. The number of piperidine rings is 1. The third-order valence-electron chi connectivity index (χ3n) is 4.84. The first-order valence-electron chi connectivity index (χ1n) is 8.93. The van der Waals surface area contributed by atoms with E-state index in [-0.39, 0.29) is 5.91 Å². The molecule has 2 atom stereocenters. The molecule has 1 aromatic carbocycles. The zero-order valence-corrected chi connectivity index (χ0v) is 14.3. The second-order valence-electron chi connectivity index (χ2n) is 6.73. The van der Waals surface area contributed by atoms with Crippen molar-refractivity contribution in [3.63, 3.8) is 0 Å². The molecule has 1 heterocycles. The Hall–Kier alpha value is -1.39. The van der Waals surface area contributed by atoms with Crippen molar-refractivity contribution in [2.24, 2.45) is 17.6 Å². The number of nitrogens with two attached hydrogens (primary N) is 1. The highest BCUT2D eigenvalue weighted by Crippen LogP contribution is 2.23. The Labute approximate surface area is 140 Å². The lowest BCUT2D eigenvalue weighted by molar-refractivity contribution is -0.133. The normalized spacial score (nSPS) is 19.3. The molecule has 1 saturated heterocycles. The highest BCUT2D eigenvalue weighted by Gasteiger charge is 2.24. The molecule has 1 aromatic rings. The van der Waals surface area contributed by atoms with Gasteiger partial charge in [0.25, 0.3) is 0 Å². The number of benzene rings is 1. The summed E-state index contributed by atoms with van der Waals surface area (Å²) in [5.74, 6) is 1.33. The van der Waals surface area contributed by atoms with Crippen LogP contribution in [0.1, 0.15) is 38.2 Å². The van der Waals surface area contributed by atoms with Gasteiger partial charge in [-0.3, -0.25) is 4.79 Å². The van der Waals surface area contributed by atoms with Gasteiger partial charge in [0.05, 0.1) is 0 Å². The summed E-state index contributed by atoms with van der Waals surface area (Å²) in [6.45, 7) is 6.46. The van der Waals surface area contributed by atoms with Crippen LogP contribution in [0.4, 0.5) is 0 Å². The van der Waals surface area contributed by atoms with Crippen LogP contribution in [0.25, 0.3) is 0 Å². The molecule has 4 nitrogen and oxygen atoms in total. The van der Waals surface area contributed by atoms with E-state index in [0.29, 0.717) is 31.3 Å². The molecular weight excluding hydrogens is 286 g/mol. The number of rotatable bonds is 8. The maximum absolute atomic E-state index is 12.8. The summed E-state index contributed by atoms with van der Waals surface area (Å²) < 4.78 is 0. The third-order valence-corrected chi connectivity index (χ3v) is 4.84. The summed E-state index contributed by atoms with van der Waals surface area (Å²) in [6, 6.07) is 10.2. The van der Waals surface area contributed by atoms with Crippen LogP contribution >= 0.6 is 0 Å². The van der Waals surface area contributed by atoms with Crippen molar-refractivity contribution < 1.29 is 4.79 Å². The van der Waals surface area contributed by atoms with Crippen LogP contribution in [0.5, 0.6) is 0 Å². The first-order valence-corrected chi connectivity index (χ1v) is 8.93. The molecule has 1 amide bonds. The van der Waals surface area contributed by atoms with E-state index in [1.807, 2.05) is 23.1 Å². The molecule has 0 aliphatic carbocycles. The summed E-state index contributed by atoms with van der Waals surface area (Å²) in [6.07, 6.45) is 3.97. The molecule has 4 heteroatoms. The molecule has 1 aliphatic heterocycles. The van der Waals surface area contributed by atoms with E-state index in [1.54, 1.807) is 0 Å². The zero-order valence-electron chi connectivity index (χ0n) is 14.3. The van der Waals surface area contributed by atoms with E-state index < -0.39 is 0 Å². The molecule has 0 saturated carbocycles. The Bertz CT molecular complexity index is 457. The van der Waals surface area contributed by atoms with Gasteiger partial charge in [-0.2, -0.15) is 0 Å². The minimum Gasteiger partial charge on any atom is -0.338 e. The summed E-state index contributed by atoms with van der Waals surface area (Å²) >= 11 is 0. The molecule has 0 spiro atoms. The van der Waals surface area contributed by atoms with Gasteiger partial charge in [-0.05, 0) is 56.3 Å². The minimum absolute atomic E-state index is 0.264. The Balaban J connectivity index is 1.92. The minimum atomic E-state index is 0.264. The summed E-state index contributed by atoms with van der Waals surface area (Å²) in [5, 5.41) is 3.45. The highest BCUT2D eigenvalue weighted by molar-refractivity contribution is 5.76. The predicted molar refractivity (Wildman–Crippen MR) is 94.9 cm³/mol. The Morgan fingerprint density at radius 2 is 2.17 bits per heavy atom. The number of nitrogens with one attached hydrogen (secondary N) is 1. The number of hydrogen-bond acceptors (Lipinski definition) is 3. The molecule has 128 valence electrons. The SMILES string of the molecule is CC(CC(=O)N(CCCN)Cc1ccccc1)C1CCCNC1. The van der Waals surface area contributed by atoms with Crippen molar-refractivity contribution >= 4 is 5.91 Å². The average molecular weight is 317 g/mol. The van der Waals surface area contributed by atoms with E-state index in [0.717, 1.165) is 26.1 Å². The van der Waals surface area contributed by atoms with Gasteiger partial charge >= 0.3 is 0 Å². The van der Waals surface area contributed by atoms with Gasteiger partial charge in [-0.25, -0.2) is 0 Å². The van der Waals surface area contributed by atoms with Crippen LogP contribution in [-0.2, 0) is 11.3 Å². The topological polar surface area (TPSA) is 58.4 Å². The second kappa shape index (κ2) is 9.68. The number of carbonyl (C=O) groups is 1. The fourth-order valence-corrected chi connectivity index (χ4v) is 3.31. The smallest absolute Gasteiger partial charge is 0.223 e. The van der Waals surface area contributed by atoms with E-state index >= 15 is 0 Å². The summed E-state index contributed by atoms with van der Waals surface area (Å²) in [4.78, 5) is 14.8. The fourth-order valence-electron chi connectivity index (χ4n) is 3.31. The lowest BCUT2D eigenvalue weighted by Gasteiger charge is -2.30. The molecular formula is C19H31N3O. The van der Waals surface area contributed by atoms with E-state index in [2.05, 4.69) is 24.4 Å². The first kappa shape index (κ1) is 18.0. The lowest BCUT2D eigenvalue weighted by Crippen LogP contribution is -2.37. The van der Waals surface area contributed by atoms with Crippen LogP contribution in [0.3, 0.4) is 0 Å². The van der Waals surface area contributed by atoms with Gasteiger partial charge in [-0.1, -0.05) is 37.3 Å². The molecule has 1 aliphatic rings. The van der Waals surface area contributed by atoms with Crippen molar-refractivity contribution in [1.82, 2.24) is 10.2 Å². The standard InChI is InChI=1S/C19H31N3O/c1-16(18-9-5-11-21-14-18)13-19(23)22(12-6-10-20)15-17-7-3-2-4-8-17/h2-4,7-8,16,18,21H,5-6,9-15,20H2,1H3. The fraction of sp³-hybridized carbons (Fsp3) is 0.632. The molecule has 23 heavy (non-hydrogen) atoms. The van der Waals surface area contributed by atoms with Crippen molar-refractivity contribution in [3.05, 3.63) is 35.9 Å².